The molecule has 0 saturated heterocycles. The summed E-state index contributed by atoms with van der Waals surface area (Å²) in [4.78, 5) is 13.0. The lowest BCUT2D eigenvalue weighted by molar-refractivity contribution is -0.117. The van der Waals surface area contributed by atoms with Crippen LogP contribution in [0.1, 0.15) is 30.0 Å². The highest BCUT2D eigenvalue weighted by molar-refractivity contribution is 7.92. The summed E-state index contributed by atoms with van der Waals surface area (Å²) in [6.07, 6.45) is 1.41. The quantitative estimate of drug-likeness (QED) is 0.767. The molecule has 5 nitrogen and oxygen atoms in total. The largest absolute Gasteiger partial charge is 0.324 e. The van der Waals surface area contributed by atoms with Crippen molar-refractivity contribution in [3.05, 3.63) is 58.1 Å². The molecular formula is C20H25ClN2O3S. The molecule has 0 fully saturated rings. The highest BCUT2D eigenvalue weighted by Gasteiger charge is 2.32. The number of hydrogen-bond acceptors (Lipinski definition) is 3. The minimum absolute atomic E-state index is 0.315. The van der Waals surface area contributed by atoms with E-state index in [2.05, 4.69) is 5.32 Å². The fourth-order valence-electron chi connectivity index (χ4n) is 3.13. The molecule has 146 valence electrons. The predicted molar refractivity (Wildman–Crippen MR) is 112 cm³/mol. The molecule has 0 aliphatic heterocycles. The number of anilines is 2. The summed E-state index contributed by atoms with van der Waals surface area (Å²) < 4.78 is 26.3. The Morgan fingerprint density at radius 3 is 2.22 bits per heavy atom. The van der Waals surface area contributed by atoms with Crippen molar-refractivity contribution in [2.75, 3.05) is 15.9 Å². The zero-order valence-corrected chi connectivity index (χ0v) is 17.8. The zero-order chi connectivity index (χ0) is 20.4. The van der Waals surface area contributed by atoms with Gasteiger partial charge < -0.3 is 5.32 Å². The molecule has 1 N–H and O–H groups in total. The highest BCUT2D eigenvalue weighted by Crippen LogP contribution is 2.29. The molecule has 2 rings (SSSR count). The molecule has 1 amide bonds. The second kappa shape index (κ2) is 8.31. The first-order valence-electron chi connectivity index (χ1n) is 8.67. The lowest BCUT2D eigenvalue weighted by Gasteiger charge is -2.31. The fraction of sp³-hybridized carbons (Fsp3) is 0.350. The minimum Gasteiger partial charge on any atom is -0.324 e. The van der Waals surface area contributed by atoms with Crippen LogP contribution in [-0.2, 0) is 14.8 Å². The van der Waals surface area contributed by atoms with Gasteiger partial charge in [-0.3, -0.25) is 9.10 Å². The van der Waals surface area contributed by atoms with Crippen LogP contribution in [0, 0.1) is 20.8 Å². The zero-order valence-electron chi connectivity index (χ0n) is 16.2. The Kier molecular flexibility index (Phi) is 6.54. The predicted octanol–water partition coefficient (Wildman–Crippen LogP) is 4.45. The smallest absolute Gasteiger partial charge is 0.248 e. The van der Waals surface area contributed by atoms with Crippen LogP contribution < -0.4 is 9.62 Å². The molecule has 0 aliphatic rings. The Labute approximate surface area is 166 Å². The van der Waals surface area contributed by atoms with Crippen LogP contribution in [0.4, 0.5) is 11.4 Å². The monoisotopic (exact) mass is 408 g/mol. The van der Waals surface area contributed by atoms with E-state index in [1.165, 1.54) is 0 Å². The van der Waals surface area contributed by atoms with Gasteiger partial charge in [-0.25, -0.2) is 8.42 Å². The molecular weight excluding hydrogens is 384 g/mol. The summed E-state index contributed by atoms with van der Waals surface area (Å²) in [5.74, 6) is -0.382. The van der Waals surface area contributed by atoms with Crippen LogP contribution in [0.2, 0.25) is 5.02 Å². The van der Waals surface area contributed by atoms with Gasteiger partial charge in [-0.05, 0) is 68.1 Å². The summed E-state index contributed by atoms with van der Waals surface area (Å²) in [5, 5.41) is 3.26. The molecule has 0 spiro atoms. The van der Waals surface area contributed by atoms with Crippen molar-refractivity contribution in [1.82, 2.24) is 0 Å². The molecule has 7 heteroatoms. The average molecular weight is 409 g/mol. The molecule has 0 aliphatic carbocycles. The number of halogens is 1. The lowest BCUT2D eigenvalue weighted by Crippen LogP contribution is -2.47. The first-order chi connectivity index (χ1) is 12.5. The van der Waals surface area contributed by atoms with Crippen LogP contribution in [0.15, 0.2) is 36.4 Å². The number of benzene rings is 2. The first kappa shape index (κ1) is 21.3. The molecule has 2 aromatic rings. The molecule has 27 heavy (non-hydrogen) atoms. The molecule has 1 unspecified atom stereocenters. The van der Waals surface area contributed by atoms with Crippen LogP contribution >= 0.6 is 11.6 Å². The van der Waals surface area contributed by atoms with E-state index < -0.39 is 16.1 Å². The van der Waals surface area contributed by atoms with E-state index in [0.717, 1.165) is 27.3 Å². The van der Waals surface area contributed by atoms with Crippen molar-refractivity contribution in [3.8, 4) is 0 Å². The van der Waals surface area contributed by atoms with Gasteiger partial charge in [0.1, 0.15) is 6.04 Å². The Hall–Kier alpha value is -2.05. The van der Waals surface area contributed by atoms with Gasteiger partial charge in [0.25, 0.3) is 0 Å². The number of amides is 1. The lowest BCUT2D eigenvalue weighted by atomic mass is 10.1. The van der Waals surface area contributed by atoms with Gasteiger partial charge >= 0.3 is 0 Å². The summed E-state index contributed by atoms with van der Waals surface area (Å²) in [6, 6.07) is 9.83. The molecule has 0 bridgehead atoms. The average Bonchev–Trinajstić information content (AvgIpc) is 2.52. The number of nitrogens with zero attached hydrogens (tertiary/aromatic N) is 1. The van der Waals surface area contributed by atoms with Crippen LogP contribution in [-0.4, -0.2) is 26.6 Å². The van der Waals surface area contributed by atoms with Gasteiger partial charge in [0, 0.05) is 10.7 Å². The van der Waals surface area contributed by atoms with E-state index in [1.807, 2.05) is 32.0 Å². The third-order valence-electron chi connectivity index (χ3n) is 4.23. The van der Waals surface area contributed by atoms with Gasteiger partial charge in [-0.1, -0.05) is 30.7 Å². The number of rotatable bonds is 6. The maximum Gasteiger partial charge on any atom is 0.248 e. The Balaban J connectivity index is 2.46. The van der Waals surface area contributed by atoms with Crippen molar-refractivity contribution < 1.29 is 13.2 Å². The van der Waals surface area contributed by atoms with Gasteiger partial charge in [0.15, 0.2) is 0 Å². The third-order valence-corrected chi connectivity index (χ3v) is 5.63. The topological polar surface area (TPSA) is 66.5 Å². The summed E-state index contributed by atoms with van der Waals surface area (Å²) in [6.45, 7) is 7.46. The molecule has 1 atom stereocenters. The maximum atomic E-state index is 13.0. The van der Waals surface area contributed by atoms with Crippen molar-refractivity contribution in [3.63, 3.8) is 0 Å². The number of carbonyl (C=O) groups excluding carboxylic acids is 1. The van der Waals surface area contributed by atoms with Crippen molar-refractivity contribution in [1.29, 1.82) is 0 Å². The molecule has 0 radical (unpaired) electrons. The van der Waals surface area contributed by atoms with Crippen LogP contribution in [0.3, 0.4) is 0 Å². The number of hydrogen-bond donors (Lipinski definition) is 1. The Bertz CT molecular complexity index is 937. The summed E-state index contributed by atoms with van der Waals surface area (Å²) in [7, 11) is -3.71. The van der Waals surface area contributed by atoms with Gasteiger partial charge in [0.05, 0.1) is 11.9 Å². The minimum atomic E-state index is -3.71. The van der Waals surface area contributed by atoms with Gasteiger partial charge in [0.2, 0.25) is 15.9 Å². The molecule has 0 saturated carbocycles. The van der Waals surface area contributed by atoms with Gasteiger partial charge in [-0.15, -0.1) is 0 Å². The first-order valence-corrected chi connectivity index (χ1v) is 10.9. The Morgan fingerprint density at radius 2 is 1.70 bits per heavy atom. The SMILES string of the molecule is CCC(C(=O)Nc1cc(C)cc(C)c1)N(c1cc(Cl)ccc1C)S(C)(=O)=O. The van der Waals surface area contributed by atoms with E-state index in [1.54, 1.807) is 32.0 Å². The fourth-order valence-corrected chi connectivity index (χ4v) is 4.56. The number of sulfonamides is 1. The Morgan fingerprint density at radius 1 is 1.11 bits per heavy atom. The van der Waals surface area contributed by atoms with E-state index in [-0.39, 0.29) is 5.91 Å². The summed E-state index contributed by atoms with van der Waals surface area (Å²) >= 11 is 6.08. The van der Waals surface area contributed by atoms with Crippen LogP contribution in [0.25, 0.3) is 0 Å². The van der Waals surface area contributed by atoms with Gasteiger partial charge in [-0.2, -0.15) is 0 Å². The van der Waals surface area contributed by atoms with E-state index in [0.29, 0.717) is 22.8 Å². The van der Waals surface area contributed by atoms with Crippen LogP contribution in [0.5, 0.6) is 0 Å². The highest BCUT2D eigenvalue weighted by atomic mass is 35.5. The third kappa shape index (κ3) is 5.23. The maximum absolute atomic E-state index is 13.0. The molecule has 2 aromatic carbocycles. The molecule has 0 aromatic heterocycles. The summed E-state index contributed by atoms with van der Waals surface area (Å²) in [5.41, 5.74) is 3.81. The standard InChI is InChI=1S/C20H25ClN2O3S/c1-6-18(20(24)22-17-10-13(2)9-14(3)11-17)23(27(5,25)26)19-12-16(21)8-7-15(19)4/h7-12,18H,6H2,1-5H3,(H,22,24). The second-order valence-electron chi connectivity index (χ2n) is 6.78. The van der Waals surface area contributed by atoms with E-state index in [4.69, 9.17) is 11.6 Å². The van der Waals surface area contributed by atoms with E-state index >= 15 is 0 Å². The van der Waals surface area contributed by atoms with Crippen molar-refractivity contribution in [2.24, 2.45) is 0 Å². The second-order valence-corrected chi connectivity index (χ2v) is 9.08. The number of aryl methyl sites for hydroxylation is 3. The van der Waals surface area contributed by atoms with Crippen molar-refractivity contribution in [2.45, 2.75) is 40.2 Å². The number of nitrogens with one attached hydrogen (secondary N) is 1. The normalized spacial score (nSPS) is 12.5. The number of carbonyl (C=O) groups is 1. The van der Waals surface area contributed by atoms with E-state index in [9.17, 15) is 13.2 Å². The molecule has 0 heterocycles. The van der Waals surface area contributed by atoms with Crippen molar-refractivity contribution >= 4 is 38.9 Å².